The first kappa shape index (κ1) is 26.5. The number of hydrogen-bond donors (Lipinski definition) is 2. The fraction of sp³-hybridized carbons (Fsp3) is 0.419. The lowest BCUT2D eigenvalue weighted by atomic mass is 9.97. The zero-order valence-corrected chi connectivity index (χ0v) is 24.6. The molecule has 0 radical (unpaired) electrons. The van der Waals surface area contributed by atoms with Crippen LogP contribution in [-0.2, 0) is 11.8 Å². The number of rotatable bonds is 3. The fourth-order valence-electron chi connectivity index (χ4n) is 6.78. The molecule has 3 aromatic heterocycles. The number of hydrogen-bond acceptors (Lipinski definition) is 8. The Morgan fingerprint density at radius 3 is 2.36 bits per heavy atom. The molecule has 2 bridgehead atoms. The molecule has 42 heavy (non-hydrogen) atoms. The first-order chi connectivity index (χ1) is 20.1. The molecule has 218 valence electrons. The van der Waals surface area contributed by atoms with Crippen LogP contribution in [0.15, 0.2) is 53.7 Å². The van der Waals surface area contributed by atoms with Crippen molar-refractivity contribution in [2.45, 2.75) is 70.2 Å². The van der Waals surface area contributed by atoms with Gasteiger partial charge in [-0.2, -0.15) is 0 Å². The molecule has 1 amide bonds. The van der Waals surface area contributed by atoms with Gasteiger partial charge in [0.25, 0.3) is 0 Å². The van der Waals surface area contributed by atoms with Crippen LogP contribution in [0.1, 0.15) is 58.2 Å². The number of carbonyl (C=O) groups is 1. The minimum Gasteiger partial charge on any atom is -0.444 e. The minimum atomic E-state index is -0.544. The maximum Gasteiger partial charge on any atom is 0.410 e. The Labute approximate surface area is 243 Å². The van der Waals surface area contributed by atoms with E-state index < -0.39 is 5.60 Å². The Bertz CT molecular complexity index is 1790. The molecular formula is C31H36N8O3. The quantitative estimate of drug-likeness (QED) is 0.377. The predicted molar refractivity (Wildman–Crippen MR) is 161 cm³/mol. The number of imidazole rings is 1. The van der Waals surface area contributed by atoms with Crippen molar-refractivity contribution < 1.29 is 9.53 Å². The summed E-state index contributed by atoms with van der Waals surface area (Å²) in [6.07, 6.45) is 8.65. The van der Waals surface area contributed by atoms with Crippen LogP contribution in [0, 0.1) is 0 Å². The van der Waals surface area contributed by atoms with Crippen LogP contribution in [-0.4, -0.2) is 59.8 Å². The summed E-state index contributed by atoms with van der Waals surface area (Å²) < 4.78 is 9.40. The van der Waals surface area contributed by atoms with Crippen LogP contribution in [0.3, 0.4) is 0 Å². The molecule has 2 fully saturated rings. The van der Waals surface area contributed by atoms with Crippen molar-refractivity contribution in [1.82, 2.24) is 40.0 Å². The smallest absolute Gasteiger partial charge is 0.410 e. The Morgan fingerprint density at radius 2 is 1.71 bits per heavy atom. The van der Waals surface area contributed by atoms with Gasteiger partial charge in [-0.05, 0) is 70.2 Å². The first-order valence-electron chi connectivity index (χ1n) is 14.5. The number of carbonyl (C=O) groups excluding carboxylic acids is 1. The summed E-state index contributed by atoms with van der Waals surface area (Å²) in [6, 6.07) is 10.3. The van der Waals surface area contributed by atoms with Crippen molar-refractivity contribution in [3.63, 3.8) is 0 Å². The molecule has 7 rings (SSSR count). The maximum absolute atomic E-state index is 13.8. The van der Waals surface area contributed by atoms with Gasteiger partial charge in [0, 0.05) is 55.6 Å². The van der Waals surface area contributed by atoms with E-state index in [2.05, 4.69) is 28.1 Å². The van der Waals surface area contributed by atoms with Gasteiger partial charge < -0.3 is 15.1 Å². The van der Waals surface area contributed by atoms with E-state index >= 15 is 0 Å². The van der Waals surface area contributed by atoms with E-state index in [9.17, 15) is 9.59 Å². The van der Waals surface area contributed by atoms with Crippen LogP contribution in [0.25, 0.3) is 38.8 Å². The number of fused-ring (bicyclic) bond motifs is 5. The highest BCUT2D eigenvalue weighted by Gasteiger charge is 2.46. The Morgan fingerprint density at radius 1 is 0.976 bits per heavy atom. The molecule has 0 saturated carbocycles. The molecule has 11 heteroatoms. The molecule has 6 heterocycles. The molecule has 2 saturated heterocycles. The highest BCUT2D eigenvalue weighted by molar-refractivity contribution is 6.04. The normalized spacial score (nSPS) is 22.1. The SMILES string of the molecule is CN1C=C(c2ccc(-c3ccc4ncc5c(c4c3)n(C3CC4CCC(C3)N4C(=O)OC(C)(C)C)c(=O)n5C)cn2)NN1. The van der Waals surface area contributed by atoms with Gasteiger partial charge in [-0.3, -0.25) is 24.1 Å². The molecule has 1 aromatic carbocycles. The average molecular weight is 569 g/mol. The Balaban J connectivity index is 1.27. The number of aryl methyl sites for hydroxylation is 1. The van der Waals surface area contributed by atoms with Gasteiger partial charge >= 0.3 is 11.8 Å². The Kier molecular flexibility index (Phi) is 6.05. The zero-order valence-electron chi connectivity index (χ0n) is 24.6. The summed E-state index contributed by atoms with van der Waals surface area (Å²) in [4.78, 5) is 38.1. The Hall–Kier alpha value is -4.38. The molecule has 0 spiro atoms. The van der Waals surface area contributed by atoms with Crippen LogP contribution in [0.4, 0.5) is 4.79 Å². The molecule has 11 nitrogen and oxygen atoms in total. The third kappa shape index (κ3) is 4.39. The van der Waals surface area contributed by atoms with E-state index in [1.54, 1.807) is 10.8 Å². The number of nitrogens with one attached hydrogen (secondary N) is 2. The third-order valence-corrected chi connectivity index (χ3v) is 8.66. The predicted octanol–water partition coefficient (Wildman–Crippen LogP) is 4.31. The van der Waals surface area contributed by atoms with Crippen molar-refractivity contribution in [3.8, 4) is 11.1 Å². The summed E-state index contributed by atoms with van der Waals surface area (Å²) in [5, 5.41) is 2.76. The van der Waals surface area contributed by atoms with E-state index in [-0.39, 0.29) is 29.9 Å². The molecule has 2 atom stereocenters. The second kappa shape index (κ2) is 9.59. The van der Waals surface area contributed by atoms with Gasteiger partial charge in [0.2, 0.25) is 0 Å². The van der Waals surface area contributed by atoms with Gasteiger partial charge in [0.1, 0.15) is 5.60 Å². The molecule has 0 aliphatic carbocycles. The van der Waals surface area contributed by atoms with E-state index in [1.165, 1.54) is 0 Å². The molecule has 4 aromatic rings. The largest absolute Gasteiger partial charge is 0.444 e. The topological polar surface area (TPSA) is 110 Å². The van der Waals surface area contributed by atoms with Crippen molar-refractivity contribution in [3.05, 3.63) is 65.1 Å². The number of hydrazine groups is 2. The number of ether oxygens (including phenoxy) is 1. The number of nitrogens with zero attached hydrogens (tertiary/aromatic N) is 6. The van der Waals surface area contributed by atoms with E-state index in [0.717, 1.165) is 70.1 Å². The molecule has 3 aliphatic rings. The monoisotopic (exact) mass is 568 g/mol. The lowest BCUT2D eigenvalue weighted by molar-refractivity contribution is 0.00298. The number of benzene rings is 1. The first-order valence-corrected chi connectivity index (χ1v) is 14.5. The summed E-state index contributed by atoms with van der Waals surface area (Å²) in [6.45, 7) is 5.69. The summed E-state index contributed by atoms with van der Waals surface area (Å²) >= 11 is 0. The van der Waals surface area contributed by atoms with Crippen molar-refractivity contribution in [2.24, 2.45) is 7.05 Å². The lowest BCUT2D eigenvalue weighted by Crippen LogP contribution is -2.49. The van der Waals surface area contributed by atoms with Gasteiger partial charge in [-0.15, -0.1) is 5.53 Å². The van der Waals surface area contributed by atoms with Crippen LogP contribution in [0.5, 0.6) is 0 Å². The molecule has 2 unspecified atom stereocenters. The number of amides is 1. The molecular weight excluding hydrogens is 532 g/mol. The zero-order chi connectivity index (χ0) is 29.3. The van der Waals surface area contributed by atoms with E-state index in [4.69, 9.17) is 9.72 Å². The summed E-state index contributed by atoms with van der Waals surface area (Å²) in [5.41, 5.74) is 11.8. The standard InChI is InChI=1S/C31H36N8O3/c1-31(2,3)42-30(41)38-20-8-9-21(38)14-22(13-20)39-28-23-12-18(6-10-24(23)33-16-27(28)37(5)29(39)40)19-7-11-25(32-15-19)26-17-36(4)35-34-26/h6-7,10-12,15-17,20-22,34-35H,8-9,13-14H2,1-5H3. The second-order valence-corrected chi connectivity index (χ2v) is 12.7. The lowest BCUT2D eigenvalue weighted by Gasteiger charge is -2.39. The van der Waals surface area contributed by atoms with Gasteiger partial charge in [-0.25, -0.2) is 9.59 Å². The number of piperidine rings is 1. The number of aromatic nitrogens is 4. The van der Waals surface area contributed by atoms with Crippen LogP contribution < -0.4 is 16.7 Å². The molecule has 3 aliphatic heterocycles. The van der Waals surface area contributed by atoms with Crippen molar-refractivity contribution >= 4 is 33.7 Å². The third-order valence-electron chi connectivity index (χ3n) is 8.66. The minimum absolute atomic E-state index is 0.0217. The van der Waals surface area contributed by atoms with Gasteiger partial charge in [0.15, 0.2) is 0 Å². The number of pyridine rings is 2. The van der Waals surface area contributed by atoms with Gasteiger partial charge in [0.05, 0.1) is 34.1 Å². The highest BCUT2D eigenvalue weighted by Crippen LogP contribution is 2.43. The van der Waals surface area contributed by atoms with Crippen LogP contribution >= 0.6 is 0 Å². The average Bonchev–Trinajstić information content (AvgIpc) is 3.59. The fourth-order valence-corrected chi connectivity index (χ4v) is 6.78. The van der Waals surface area contributed by atoms with Crippen LogP contribution in [0.2, 0.25) is 0 Å². The highest BCUT2D eigenvalue weighted by atomic mass is 16.6. The molecule has 2 N–H and O–H groups in total. The maximum atomic E-state index is 13.8. The summed E-state index contributed by atoms with van der Waals surface area (Å²) in [5.74, 6) is 0. The van der Waals surface area contributed by atoms with E-state index in [0.29, 0.717) is 0 Å². The van der Waals surface area contributed by atoms with Crippen molar-refractivity contribution in [1.29, 1.82) is 0 Å². The van der Waals surface area contributed by atoms with Crippen molar-refractivity contribution in [2.75, 3.05) is 7.05 Å². The van der Waals surface area contributed by atoms with Gasteiger partial charge in [-0.1, -0.05) is 12.1 Å². The van der Waals surface area contributed by atoms with E-state index in [1.807, 2.05) is 79.9 Å². The second-order valence-electron chi connectivity index (χ2n) is 12.7. The summed E-state index contributed by atoms with van der Waals surface area (Å²) in [7, 11) is 3.72.